The van der Waals surface area contributed by atoms with E-state index in [9.17, 15) is 4.79 Å². The van der Waals surface area contributed by atoms with E-state index in [0.29, 0.717) is 6.54 Å². The number of aromatic nitrogens is 1. The SMILES string of the molecule is COc1cc(C)c(CN2CCC3(CC2)CC3C(=O)NCCc2c[nH]c3ccccc23)cc1C. The van der Waals surface area contributed by atoms with E-state index in [2.05, 4.69) is 65.6 Å². The highest BCUT2D eigenvalue weighted by molar-refractivity contribution is 5.84. The van der Waals surface area contributed by atoms with Crippen LogP contribution in [0.3, 0.4) is 0 Å². The second kappa shape index (κ2) is 8.86. The number of aromatic amines is 1. The van der Waals surface area contributed by atoms with E-state index < -0.39 is 0 Å². The molecule has 1 aromatic heterocycles. The number of methoxy groups -OCH3 is 1. The number of aryl methyl sites for hydroxylation is 2. The molecule has 0 radical (unpaired) electrons. The van der Waals surface area contributed by atoms with Crippen LogP contribution in [0.25, 0.3) is 10.9 Å². The first kappa shape index (κ1) is 22.0. The summed E-state index contributed by atoms with van der Waals surface area (Å²) in [4.78, 5) is 18.7. The average Bonchev–Trinajstić information content (AvgIpc) is 3.37. The Bertz CT molecular complexity index is 1160. The van der Waals surface area contributed by atoms with Crippen LogP contribution in [0.1, 0.15) is 41.5 Å². The number of para-hydroxylation sites is 1. The third-order valence-corrected chi connectivity index (χ3v) is 7.97. The van der Waals surface area contributed by atoms with Crippen LogP contribution in [-0.4, -0.2) is 42.5 Å². The predicted octanol–water partition coefficient (Wildman–Crippen LogP) is 4.75. The fraction of sp³-hybridized carbons (Fsp3) is 0.464. The van der Waals surface area contributed by atoms with Gasteiger partial charge in [-0.05, 0) is 92.4 Å². The summed E-state index contributed by atoms with van der Waals surface area (Å²) in [5.41, 5.74) is 6.54. The van der Waals surface area contributed by atoms with Crippen LogP contribution in [0, 0.1) is 25.2 Å². The van der Waals surface area contributed by atoms with Crippen molar-refractivity contribution in [3.05, 3.63) is 64.8 Å². The largest absolute Gasteiger partial charge is 0.496 e. The number of amides is 1. The minimum atomic E-state index is 0.201. The topological polar surface area (TPSA) is 57.4 Å². The number of carbonyl (C=O) groups excluding carboxylic acids is 1. The minimum Gasteiger partial charge on any atom is -0.496 e. The maximum atomic E-state index is 12.8. The number of ether oxygens (including phenoxy) is 1. The number of nitrogens with zero attached hydrogens (tertiary/aromatic N) is 1. The smallest absolute Gasteiger partial charge is 0.223 e. The van der Waals surface area contributed by atoms with Gasteiger partial charge < -0.3 is 15.0 Å². The van der Waals surface area contributed by atoms with Crippen LogP contribution in [0.4, 0.5) is 0 Å². The lowest BCUT2D eigenvalue weighted by molar-refractivity contribution is -0.123. The molecule has 33 heavy (non-hydrogen) atoms. The monoisotopic (exact) mass is 445 g/mol. The fourth-order valence-electron chi connectivity index (χ4n) is 5.69. The van der Waals surface area contributed by atoms with Gasteiger partial charge >= 0.3 is 0 Å². The first-order valence-electron chi connectivity index (χ1n) is 12.2. The zero-order valence-corrected chi connectivity index (χ0v) is 20.0. The van der Waals surface area contributed by atoms with Crippen molar-refractivity contribution in [1.82, 2.24) is 15.2 Å². The molecule has 1 spiro atoms. The summed E-state index contributed by atoms with van der Waals surface area (Å²) in [6.07, 6.45) is 6.24. The summed E-state index contributed by atoms with van der Waals surface area (Å²) in [5.74, 6) is 1.42. The molecule has 2 heterocycles. The third-order valence-electron chi connectivity index (χ3n) is 7.97. The quantitative estimate of drug-likeness (QED) is 0.552. The first-order valence-corrected chi connectivity index (χ1v) is 12.2. The lowest BCUT2D eigenvalue weighted by Gasteiger charge is -2.33. The van der Waals surface area contributed by atoms with Crippen molar-refractivity contribution < 1.29 is 9.53 Å². The summed E-state index contributed by atoms with van der Waals surface area (Å²) < 4.78 is 5.46. The maximum Gasteiger partial charge on any atom is 0.223 e. The molecule has 1 unspecified atom stereocenters. The van der Waals surface area contributed by atoms with Gasteiger partial charge in [0.25, 0.3) is 0 Å². The van der Waals surface area contributed by atoms with Gasteiger partial charge in [0.1, 0.15) is 5.75 Å². The van der Waals surface area contributed by atoms with Crippen molar-refractivity contribution >= 4 is 16.8 Å². The van der Waals surface area contributed by atoms with E-state index in [0.717, 1.165) is 56.6 Å². The Morgan fingerprint density at radius 2 is 1.94 bits per heavy atom. The number of benzene rings is 2. The molecule has 1 aliphatic carbocycles. The fourth-order valence-corrected chi connectivity index (χ4v) is 5.69. The van der Waals surface area contributed by atoms with Gasteiger partial charge in [-0.15, -0.1) is 0 Å². The van der Waals surface area contributed by atoms with Crippen LogP contribution in [-0.2, 0) is 17.8 Å². The van der Waals surface area contributed by atoms with Gasteiger partial charge in [-0.3, -0.25) is 9.69 Å². The Morgan fingerprint density at radius 3 is 2.73 bits per heavy atom. The Morgan fingerprint density at radius 1 is 1.15 bits per heavy atom. The van der Waals surface area contributed by atoms with E-state index >= 15 is 0 Å². The van der Waals surface area contributed by atoms with Crippen LogP contribution in [0.15, 0.2) is 42.6 Å². The Labute approximate surface area is 196 Å². The molecule has 1 atom stereocenters. The van der Waals surface area contributed by atoms with Gasteiger partial charge in [-0.1, -0.05) is 24.3 Å². The summed E-state index contributed by atoms with van der Waals surface area (Å²) >= 11 is 0. The van der Waals surface area contributed by atoms with Crippen molar-refractivity contribution in [3.63, 3.8) is 0 Å². The number of hydrogen-bond donors (Lipinski definition) is 2. The summed E-state index contributed by atoms with van der Waals surface area (Å²) in [5, 5.41) is 4.47. The summed E-state index contributed by atoms with van der Waals surface area (Å²) in [6, 6.07) is 12.8. The molecule has 3 aromatic rings. The molecule has 2 aliphatic rings. The number of hydrogen-bond acceptors (Lipinski definition) is 3. The van der Waals surface area contributed by atoms with Gasteiger partial charge in [-0.25, -0.2) is 0 Å². The molecule has 2 fully saturated rings. The molecule has 2 aromatic carbocycles. The Hall–Kier alpha value is -2.79. The minimum absolute atomic E-state index is 0.201. The molecule has 1 aliphatic heterocycles. The highest BCUT2D eigenvalue weighted by Crippen LogP contribution is 2.59. The highest BCUT2D eigenvalue weighted by Gasteiger charge is 2.58. The maximum absolute atomic E-state index is 12.8. The number of nitrogens with one attached hydrogen (secondary N) is 2. The van der Waals surface area contributed by atoms with Crippen molar-refractivity contribution in [2.75, 3.05) is 26.7 Å². The second-order valence-electron chi connectivity index (χ2n) is 10.0. The molecule has 5 nitrogen and oxygen atoms in total. The number of piperidine rings is 1. The third kappa shape index (κ3) is 4.39. The van der Waals surface area contributed by atoms with Crippen molar-refractivity contribution in [1.29, 1.82) is 0 Å². The zero-order valence-electron chi connectivity index (χ0n) is 20.0. The van der Waals surface area contributed by atoms with E-state index in [1.54, 1.807) is 7.11 Å². The van der Waals surface area contributed by atoms with Gasteiger partial charge in [0.15, 0.2) is 0 Å². The lowest BCUT2D eigenvalue weighted by atomic mass is 9.90. The standard InChI is InChI=1S/C28H35N3O2/c1-19-15-26(33-3)20(2)14-22(19)18-31-12-9-28(10-13-31)16-24(28)27(32)29-11-8-21-17-30-25-7-5-4-6-23(21)25/h4-7,14-15,17,24,30H,8-13,16,18H2,1-3H3,(H,29,32). The van der Waals surface area contributed by atoms with Gasteiger partial charge in [-0.2, -0.15) is 0 Å². The molecular weight excluding hydrogens is 410 g/mol. The molecule has 2 N–H and O–H groups in total. The molecule has 0 bridgehead atoms. The van der Waals surface area contributed by atoms with Gasteiger partial charge in [0.2, 0.25) is 5.91 Å². The number of likely N-dealkylation sites (tertiary alicyclic amines) is 1. The molecule has 1 saturated carbocycles. The van der Waals surface area contributed by atoms with Crippen LogP contribution < -0.4 is 10.1 Å². The van der Waals surface area contributed by atoms with Crippen LogP contribution >= 0.6 is 0 Å². The molecule has 1 amide bonds. The predicted molar refractivity (Wildman–Crippen MR) is 133 cm³/mol. The molecule has 174 valence electrons. The van der Waals surface area contributed by atoms with Crippen molar-refractivity contribution in [2.45, 2.75) is 46.1 Å². The Balaban J connectivity index is 1.10. The normalized spacial score (nSPS) is 19.7. The second-order valence-corrected chi connectivity index (χ2v) is 10.0. The van der Waals surface area contributed by atoms with Crippen LogP contribution in [0.2, 0.25) is 0 Å². The first-order chi connectivity index (χ1) is 16.0. The molecule has 1 saturated heterocycles. The average molecular weight is 446 g/mol. The summed E-state index contributed by atoms with van der Waals surface area (Å²) in [7, 11) is 1.73. The van der Waals surface area contributed by atoms with E-state index in [1.165, 1.54) is 27.6 Å². The summed E-state index contributed by atoms with van der Waals surface area (Å²) in [6.45, 7) is 8.11. The van der Waals surface area contributed by atoms with Crippen molar-refractivity contribution in [2.24, 2.45) is 11.3 Å². The molecular formula is C28H35N3O2. The molecule has 5 heteroatoms. The zero-order chi connectivity index (χ0) is 23.0. The van der Waals surface area contributed by atoms with Crippen molar-refractivity contribution in [3.8, 4) is 5.75 Å². The number of H-pyrrole nitrogens is 1. The van der Waals surface area contributed by atoms with Gasteiger partial charge in [0, 0.05) is 36.1 Å². The number of fused-ring (bicyclic) bond motifs is 1. The number of rotatable bonds is 7. The van der Waals surface area contributed by atoms with E-state index in [4.69, 9.17) is 4.74 Å². The highest BCUT2D eigenvalue weighted by atomic mass is 16.5. The number of carbonyl (C=O) groups is 1. The molecule has 5 rings (SSSR count). The van der Waals surface area contributed by atoms with E-state index in [1.807, 2.05) is 6.07 Å². The lowest BCUT2D eigenvalue weighted by Crippen LogP contribution is -2.37. The van der Waals surface area contributed by atoms with Gasteiger partial charge in [0.05, 0.1) is 7.11 Å². The van der Waals surface area contributed by atoms with E-state index in [-0.39, 0.29) is 17.2 Å². The van der Waals surface area contributed by atoms with Crippen LogP contribution in [0.5, 0.6) is 5.75 Å². The Kier molecular flexibility index (Phi) is 5.92.